The Morgan fingerprint density at radius 2 is 1.87 bits per heavy atom. The number of halogens is 1. The van der Waals surface area contributed by atoms with E-state index in [0.29, 0.717) is 28.3 Å². The molecule has 1 unspecified atom stereocenters. The van der Waals surface area contributed by atoms with E-state index in [0.717, 1.165) is 11.3 Å². The van der Waals surface area contributed by atoms with E-state index in [4.69, 9.17) is 21.1 Å². The highest BCUT2D eigenvalue weighted by Gasteiger charge is 2.19. The number of aromatic nitrogens is 3. The van der Waals surface area contributed by atoms with E-state index in [2.05, 4.69) is 15.5 Å². The number of hydrogen-bond donors (Lipinski definition) is 1. The highest BCUT2D eigenvalue weighted by atomic mass is 35.5. The average molecular weight is 447 g/mol. The molecule has 0 saturated heterocycles. The molecule has 0 radical (unpaired) electrons. The van der Waals surface area contributed by atoms with Crippen molar-refractivity contribution in [2.75, 3.05) is 7.11 Å². The summed E-state index contributed by atoms with van der Waals surface area (Å²) in [5, 5.41) is 12.1. The molecule has 0 fully saturated rings. The second-order valence-corrected chi connectivity index (χ2v) is 8.18. The number of nitrogens with one attached hydrogen (secondary N) is 1. The number of ether oxygens (including phenoxy) is 2. The molecule has 1 amide bonds. The molecule has 1 aromatic heterocycles. The Hall–Kier alpha value is -2.71. The fourth-order valence-electron chi connectivity index (χ4n) is 2.66. The van der Waals surface area contributed by atoms with Gasteiger partial charge >= 0.3 is 0 Å². The van der Waals surface area contributed by atoms with E-state index in [1.165, 1.54) is 11.8 Å². The molecular formula is C21H23ClN4O3S. The van der Waals surface area contributed by atoms with Crippen LogP contribution in [0.5, 0.6) is 11.5 Å². The summed E-state index contributed by atoms with van der Waals surface area (Å²) in [6, 6.07) is 14.8. The number of carbonyl (C=O) groups excluding carboxylic acids is 1. The first-order chi connectivity index (χ1) is 14.5. The zero-order valence-corrected chi connectivity index (χ0v) is 18.5. The van der Waals surface area contributed by atoms with Crippen molar-refractivity contribution in [1.82, 2.24) is 20.1 Å². The lowest BCUT2D eigenvalue weighted by Crippen LogP contribution is -2.30. The summed E-state index contributed by atoms with van der Waals surface area (Å²) in [6.45, 7) is 2.45. The predicted octanol–water partition coefficient (Wildman–Crippen LogP) is 3.85. The first-order valence-corrected chi connectivity index (χ1v) is 10.6. The van der Waals surface area contributed by atoms with Crippen LogP contribution in [-0.4, -0.2) is 33.0 Å². The first-order valence-electron chi connectivity index (χ1n) is 9.31. The highest BCUT2D eigenvalue weighted by Crippen LogP contribution is 2.25. The van der Waals surface area contributed by atoms with Gasteiger partial charge in [0.05, 0.1) is 17.4 Å². The lowest BCUT2D eigenvalue weighted by Gasteiger charge is -2.13. The van der Waals surface area contributed by atoms with Gasteiger partial charge in [-0.1, -0.05) is 53.7 Å². The van der Waals surface area contributed by atoms with Crippen molar-refractivity contribution in [2.45, 2.75) is 30.5 Å². The number of carbonyl (C=O) groups is 1. The number of benzene rings is 2. The van der Waals surface area contributed by atoms with Gasteiger partial charge in [0.1, 0.15) is 18.1 Å². The minimum Gasteiger partial charge on any atom is -0.496 e. The van der Waals surface area contributed by atoms with Crippen molar-refractivity contribution in [3.63, 3.8) is 0 Å². The molecule has 0 aliphatic rings. The Labute approximate surface area is 184 Å². The van der Waals surface area contributed by atoms with Gasteiger partial charge < -0.3 is 19.4 Å². The molecule has 9 heteroatoms. The van der Waals surface area contributed by atoms with Crippen LogP contribution in [0.15, 0.2) is 53.7 Å². The maximum atomic E-state index is 12.5. The summed E-state index contributed by atoms with van der Waals surface area (Å²) >= 11 is 7.44. The van der Waals surface area contributed by atoms with E-state index in [1.807, 2.05) is 54.9 Å². The molecule has 0 saturated carbocycles. The number of para-hydroxylation sites is 2. The van der Waals surface area contributed by atoms with Crippen molar-refractivity contribution < 1.29 is 14.3 Å². The molecule has 0 bridgehead atoms. The van der Waals surface area contributed by atoms with Gasteiger partial charge in [-0.15, -0.1) is 10.2 Å². The molecule has 158 valence electrons. The molecule has 0 spiro atoms. The first kappa shape index (κ1) is 22.0. The molecular weight excluding hydrogens is 424 g/mol. The molecule has 0 aliphatic carbocycles. The van der Waals surface area contributed by atoms with E-state index in [-0.39, 0.29) is 17.8 Å². The Morgan fingerprint density at radius 3 is 2.60 bits per heavy atom. The van der Waals surface area contributed by atoms with Gasteiger partial charge in [-0.05, 0) is 25.1 Å². The van der Waals surface area contributed by atoms with E-state index in [9.17, 15) is 4.79 Å². The minimum absolute atomic E-state index is 0.0947. The van der Waals surface area contributed by atoms with E-state index in [1.54, 1.807) is 19.2 Å². The van der Waals surface area contributed by atoms with Crippen LogP contribution in [0.1, 0.15) is 18.3 Å². The Bertz CT molecular complexity index is 1010. The van der Waals surface area contributed by atoms with Gasteiger partial charge in [-0.3, -0.25) is 4.79 Å². The SMILES string of the molecule is COc1ccccc1CNC(=O)C(C)Sc1nnc(COc2ccccc2Cl)n1C. The van der Waals surface area contributed by atoms with Gasteiger partial charge in [0.25, 0.3) is 0 Å². The number of amides is 1. The fourth-order valence-corrected chi connectivity index (χ4v) is 3.71. The monoisotopic (exact) mass is 446 g/mol. The van der Waals surface area contributed by atoms with Crippen LogP contribution in [0.25, 0.3) is 0 Å². The summed E-state index contributed by atoms with van der Waals surface area (Å²) in [5.41, 5.74) is 0.920. The topological polar surface area (TPSA) is 78.3 Å². The predicted molar refractivity (Wildman–Crippen MR) is 117 cm³/mol. The maximum absolute atomic E-state index is 12.5. The smallest absolute Gasteiger partial charge is 0.233 e. The third-order valence-electron chi connectivity index (χ3n) is 4.42. The van der Waals surface area contributed by atoms with Crippen LogP contribution in [-0.2, 0) is 25.0 Å². The van der Waals surface area contributed by atoms with Crippen LogP contribution < -0.4 is 14.8 Å². The molecule has 1 heterocycles. The van der Waals surface area contributed by atoms with Crippen LogP contribution in [0, 0.1) is 0 Å². The molecule has 7 nitrogen and oxygen atoms in total. The molecule has 1 atom stereocenters. The quantitative estimate of drug-likeness (QED) is 0.503. The minimum atomic E-state index is -0.347. The Morgan fingerprint density at radius 1 is 1.17 bits per heavy atom. The third-order valence-corrected chi connectivity index (χ3v) is 5.86. The fraction of sp³-hybridized carbons (Fsp3) is 0.286. The van der Waals surface area contributed by atoms with Gasteiger partial charge in [0.15, 0.2) is 11.0 Å². The Balaban J connectivity index is 1.55. The summed E-state index contributed by atoms with van der Waals surface area (Å²) in [4.78, 5) is 12.5. The van der Waals surface area contributed by atoms with Crippen molar-refractivity contribution >= 4 is 29.3 Å². The van der Waals surface area contributed by atoms with Crippen LogP contribution in [0.4, 0.5) is 0 Å². The molecule has 30 heavy (non-hydrogen) atoms. The number of rotatable bonds is 9. The second-order valence-electron chi connectivity index (χ2n) is 6.47. The van der Waals surface area contributed by atoms with Crippen molar-refractivity contribution in [1.29, 1.82) is 0 Å². The second kappa shape index (κ2) is 10.4. The molecule has 3 aromatic rings. The highest BCUT2D eigenvalue weighted by molar-refractivity contribution is 8.00. The van der Waals surface area contributed by atoms with Crippen molar-refractivity contribution in [3.05, 3.63) is 64.9 Å². The van der Waals surface area contributed by atoms with E-state index >= 15 is 0 Å². The molecule has 2 aromatic carbocycles. The number of hydrogen-bond acceptors (Lipinski definition) is 6. The molecule has 0 aliphatic heterocycles. The number of nitrogens with zero attached hydrogens (tertiary/aromatic N) is 3. The van der Waals surface area contributed by atoms with Crippen LogP contribution in [0.2, 0.25) is 5.02 Å². The standard InChI is InChI=1S/C21H23ClN4O3S/c1-14(20(27)23-12-15-8-4-6-10-17(15)28-3)30-21-25-24-19(26(21)2)13-29-18-11-7-5-9-16(18)22/h4-11,14H,12-13H2,1-3H3,(H,23,27). The van der Waals surface area contributed by atoms with Gasteiger partial charge in [0.2, 0.25) is 5.91 Å². The van der Waals surface area contributed by atoms with Gasteiger partial charge in [0, 0.05) is 19.2 Å². The normalized spacial score (nSPS) is 11.7. The summed E-state index contributed by atoms with van der Waals surface area (Å²) < 4.78 is 12.9. The largest absolute Gasteiger partial charge is 0.496 e. The van der Waals surface area contributed by atoms with Crippen LogP contribution in [0.3, 0.4) is 0 Å². The third kappa shape index (κ3) is 5.46. The summed E-state index contributed by atoms with van der Waals surface area (Å²) in [7, 11) is 3.45. The van der Waals surface area contributed by atoms with Crippen molar-refractivity contribution in [3.8, 4) is 11.5 Å². The lowest BCUT2D eigenvalue weighted by atomic mass is 10.2. The number of thioether (sulfide) groups is 1. The zero-order valence-electron chi connectivity index (χ0n) is 17.0. The summed E-state index contributed by atoms with van der Waals surface area (Å²) in [6.07, 6.45) is 0. The van der Waals surface area contributed by atoms with Crippen LogP contribution >= 0.6 is 23.4 Å². The summed E-state index contributed by atoms with van der Waals surface area (Å²) in [5.74, 6) is 1.87. The van der Waals surface area contributed by atoms with E-state index < -0.39 is 0 Å². The zero-order chi connectivity index (χ0) is 21.5. The molecule has 3 rings (SSSR count). The van der Waals surface area contributed by atoms with Gasteiger partial charge in [-0.2, -0.15) is 0 Å². The lowest BCUT2D eigenvalue weighted by molar-refractivity contribution is -0.120. The number of methoxy groups -OCH3 is 1. The molecule has 1 N–H and O–H groups in total. The van der Waals surface area contributed by atoms with Gasteiger partial charge in [-0.25, -0.2) is 0 Å². The Kier molecular flexibility index (Phi) is 7.59. The average Bonchev–Trinajstić information content (AvgIpc) is 3.10. The maximum Gasteiger partial charge on any atom is 0.233 e. The van der Waals surface area contributed by atoms with Crippen molar-refractivity contribution in [2.24, 2.45) is 7.05 Å².